The molecule has 0 radical (unpaired) electrons. The van der Waals surface area contributed by atoms with E-state index in [0.29, 0.717) is 11.4 Å². The molecule has 90 valence electrons. The Morgan fingerprint density at radius 2 is 2.18 bits per heavy atom. The molecule has 1 unspecified atom stereocenters. The number of aryl methyl sites for hydroxylation is 2. The van der Waals surface area contributed by atoms with Gasteiger partial charge in [-0.1, -0.05) is 29.8 Å². The molecule has 1 aromatic carbocycles. The van der Waals surface area contributed by atoms with Gasteiger partial charge in [0.2, 0.25) is 0 Å². The summed E-state index contributed by atoms with van der Waals surface area (Å²) in [5.41, 5.74) is 2.76. The predicted octanol–water partition coefficient (Wildman–Crippen LogP) is 3.69. The summed E-state index contributed by atoms with van der Waals surface area (Å²) >= 11 is 7.75. The fraction of sp³-hybridized carbons (Fsp3) is 0.308. The molecule has 17 heavy (non-hydrogen) atoms. The van der Waals surface area contributed by atoms with Crippen molar-refractivity contribution in [2.45, 2.75) is 26.4 Å². The zero-order chi connectivity index (χ0) is 12.4. The smallest absolute Gasteiger partial charge is 0.0957 e. The van der Waals surface area contributed by atoms with Gasteiger partial charge in [0.15, 0.2) is 0 Å². The first kappa shape index (κ1) is 12.6. The number of thiazole rings is 1. The van der Waals surface area contributed by atoms with E-state index >= 15 is 0 Å². The van der Waals surface area contributed by atoms with E-state index in [2.05, 4.69) is 4.98 Å². The highest BCUT2D eigenvalue weighted by molar-refractivity contribution is 7.09. The molecule has 0 aliphatic heterocycles. The minimum Gasteiger partial charge on any atom is -0.388 e. The molecule has 0 saturated carbocycles. The van der Waals surface area contributed by atoms with Crippen molar-refractivity contribution in [3.05, 3.63) is 50.4 Å². The zero-order valence-electron chi connectivity index (χ0n) is 9.77. The molecule has 0 aliphatic carbocycles. The number of nitrogens with zero attached hydrogens (tertiary/aromatic N) is 1. The van der Waals surface area contributed by atoms with Crippen LogP contribution in [0.3, 0.4) is 0 Å². The summed E-state index contributed by atoms with van der Waals surface area (Å²) < 4.78 is 0. The highest BCUT2D eigenvalue weighted by Gasteiger charge is 2.14. The van der Waals surface area contributed by atoms with Crippen LogP contribution in [0.1, 0.15) is 27.9 Å². The van der Waals surface area contributed by atoms with Crippen LogP contribution in [0.4, 0.5) is 0 Å². The Labute approximate surface area is 110 Å². The lowest BCUT2D eigenvalue weighted by atomic mass is 10.0. The molecule has 1 aromatic heterocycles. The Morgan fingerprint density at radius 1 is 1.41 bits per heavy atom. The molecular formula is C13H14ClNOS. The second-order valence-electron chi connectivity index (χ2n) is 4.08. The topological polar surface area (TPSA) is 33.1 Å². The van der Waals surface area contributed by atoms with Crippen molar-refractivity contribution >= 4 is 22.9 Å². The van der Waals surface area contributed by atoms with Crippen molar-refractivity contribution in [3.8, 4) is 0 Å². The summed E-state index contributed by atoms with van der Waals surface area (Å²) in [6, 6.07) is 5.71. The van der Waals surface area contributed by atoms with Crippen LogP contribution in [0.2, 0.25) is 5.02 Å². The van der Waals surface area contributed by atoms with Crippen LogP contribution in [0.5, 0.6) is 0 Å². The minimum absolute atomic E-state index is 0.516. The van der Waals surface area contributed by atoms with Crippen molar-refractivity contribution in [1.82, 2.24) is 4.98 Å². The van der Waals surface area contributed by atoms with Gasteiger partial charge in [0, 0.05) is 22.5 Å². The van der Waals surface area contributed by atoms with Gasteiger partial charge in [-0.05, 0) is 25.0 Å². The number of hydrogen-bond acceptors (Lipinski definition) is 3. The molecule has 1 atom stereocenters. The maximum atomic E-state index is 10.2. The van der Waals surface area contributed by atoms with Crippen LogP contribution < -0.4 is 0 Å². The quantitative estimate of drug-likeness (QED) is 0.920. The van der Waals surface area contributed by atoms with Crippen molar-refractivity contribution in [2.75, 3.05) is 0 Å². The SMILES string of the molecule is Cc1csc(CC(O)c2cccc(C)c2Cl)n1. The number of aliphatic hydroxyl groups excluding tert-OH is 1. The van der Waals surface area contributed by atoms with E-state index in [1.54, 1.807) is 11.3 Å². The Balaban J connectivity index is 2.20. The van der Waals surface area contributed by atoms with Crippen LogP contribution >= 0.6 is 22.9 Å². The molecular weight excluding hydrogens is 254 g/mol. The van der Waals surface area contributed by atoms with Crippen LogP contribution in [0.25, 0.3) is 0 Å². The maximum Gasteiger partial charge on any atom is 0.0957 e. The van der Waals surface area contributed by atoms with Crippen LogP contribution in [0, 0.1) is 13.8 Å². The van der Waals surface area contributed by atoms with Gasteiger partial charge in [-0.25, -0.2) is 4.98 Å². The third-order valence-electron chi connectivity index (χ3n) is 2.62. The molecule has 0 amide bonds. The molecule has 4 heteroatoms. The third kappa shape index (κ3) is 2.86. The van der Waals surface area contributed by atoms with Crippen molar-refractivity contribution in [2.24, 2.45) is 0 Å². The molecule has 1 heterocycles. The minimum atomic E-state index is -0.590. The van der Waals surface area contributed by atoms with Gasteiger partial charge in [-0.2, -0.15) is 0 Å². The first-order valence-electron chi connectivity index (χ1n) is 5.42. The standard InChI is InChI=1S/C13H14ClNOS/c1-8-4-3-5-10(13(8)14)11(16)6-12-15-9(2)7-17-12/h3-5,7,11,16H,6H2,1-2H3. The number of aromatic nitrogens is 1. The first-order valence-corrected chi connectivity index (χ1v) is 6.68. The van der Waals surface area contributed by atoms with Gasteiger partial charge in [-0.3, -0.25) is 0 Å². The van der Waals surface area contributed by atoms with Gasteiger partial charge in [-0.15, -0.1) is 11.3 Å². The normalized spacial score (nSPS) is 12.7. The number of hydrogen-bond donors (Lipinski definition) is 1. The van der Waals surface area contributed by atoms with E-state index in [0.717, 1.165) is 21.8 Å². The third-order valence-corrected chi connectivity index (χ3v) is 4.12. The highest BCUT2D eigenvalue weighted by atomic mass is 35.5. The van der Waals surface area contributed by atoms with E-state index in [9.17, 15) is 5.11 Å². The Bertz CT molecular complexity index is 524. The van der Waals surface area contributed by atoms with E-state index in [1.165, 1.54) is 0 Å². The van der Waals surface area contributed by atoms with E-state index in [4.69, 9.17) is 11.6 Å². The molecule has 0 saturated heterocycles. The molecule has 0 spiro atoms. The lowest BCUT2D eigenvalue weighted by molar-refractivity contribution is 0.178. The molecule has 0 fully saturated rings. The lowest BCUT2D eigenvalue weighted by Gasteiger charge is -2.12. The highest BCUT2D eigenvalue weighted by Crippen LogP contribution is 2.28. The lowest BCUT2D eigenvalue weighted by Crippen LogP contribution is -2.03. The van der Waals surface area contributed by atoms with Gasteiger partial charge in [0.05, 0.1) is 11.1 Å². The summed E-state index contributed by atoms with van der Waals surface area (Å²) in [6.45, 7) is 3.89. The fourth-order valence-electron chi connectivity index (χ4n) is 1.70. The summed E-state index contributed by atoms with van der Waals surface area (Å²) in [7, 11) is 0. The van der Waals surface area contributed by atoms with Crippen molar-refractivity contribution < 1.29 is 5.11 Å². The van der Waals surface area contributed by atoms with E-state index < -0.39 is 6.10 Å². The van der Waals surface area contributed by atoms with Gasteiger partial charge >= 0.3 is 0 Å². The van der Waals surface area contributed by atoms with Gasteiger partial charge in [0.1, 0.15) is 0 Å². The summed E-state index contributed by atoms with van der Waals surface area (Å²) in [4.78, 5) is 4.34. The molecule has 2 rings (SSSR count). The molecule has 1 N–H and O–H groups in total. The van der Waals surface area contributed by atoms with Crippen LogP contribution in [-0.2, 0) is 6.42 Å². The predicted molar refractivity (Wildman–Crippen MR) is 71.7 cm³/mol. The Morgan fingerprint density at radius 3 is 2.82 bits per heavy atom. The second kappa shape index (κ2) is 5.17. The molecule has 0 aliphatic rings. The van der Waals surface area contributed by atoms with E-state index in [1.807, 2.05) is 37.4 Å². The summed E-state index contributed by atoms with van der Waals surface area (Å²) in [5, 5.41) is 13.7. The largest absolute Gasteiger partial charge is 0.388 e. The number of rotatable bonds is 3. The Kier molecular flexibility index (Phi) is 3.82. The van der Waals surface area contributed by atoms with Gasteiger partial charge < -0.3 is 5.11 Å². The Hall–Kier alpha value is -0.900. The number of halogens is 1. The van der Waals surface area contributed by atoms with Gasteiger partial charge in [0.25, 0.3) is 0 Å². The molecule has 2 nitrogen and oxygen atoms in total. The van der Waals surface area contributed by atoms with Crippen molar-refractivity contribution in [1.29, 1.82) is 0 Å². The molecule has 0 bridgehead atoms. The zero-order valence-corrected chi connectivity index (χ0v) is 11.3. The van der Waals surface area contributed by atoms with Crippen molar-refractivity contribution in [3.63, 3.8) is 0 Å². The fourth-order valence-corrected chi connectivity index (χ4v) is 2.76. The summed E-state index contributed by atoms with van der Waals surface area (Å²) in [6.07, 6.45) is -0.0743. The van der Waals surface area contributed by atoms with Crippen LogP contribution in [0.15, 0.2) is 23.6 Å². The maximum absolute atomic E-state index is 10.2. The molecule has 2 aromatic rings. The number of aliphatic hydroxyl groups is 1. The second-order valence-corrected chi connectivity index (χ2v) is 5.40. The van der Waals surface area contributed by atoms with Crippen LogP contribution in [-0.4, -0.2) is 10.1 Å². The average molecular weight is 268 g/mol. The summed E-state index contributed by atoms with van der Waals surface area (Å²) in [5.74, 6) is 0. The first-order chi connectivity index (χ1) is 8.08. The monoisotopic (exact) mass is 267 g/mol. The number of benzene rings is 1. The van der Waals surface area contributed by atoms with E-state index in [-0.39, 0.29) is 0 Å². The average Bonchev–Trinajstić information content (AvgIpc) is 2.68.